The Labute approximate surface area is 186 Å². The van der Waals surface area contributed by atoms with Crippen molar-refractivity contribution < 1.29 is 55.5 Å². The van der Waals surface area contributed by atoms with E-state index in [1.54, 1.807) is 0 Å². The quantitative estimate of drug-likeness (QED) is 0.240. The van der Waals surface area contributed by atoms with Gasteiger partial charge in [0.2, 0.25) is 0 Å². The van der Waals surface area contributed by atoms with E-state index in [0.29, 0.717) is 12.4 Å². The molecule has 11 heteroatoms. The van der Waals surface area contributed by atoms with Gasteiger partial charge in [0.1, 0.15) is 17.2 Å². The summed E-state index contributed by atoms with van der Waals surface area (Å²) in [6.45, 7) is 0.663. The topological polar surface area (TPSA) is 208 Å². The lowest BCUT2D eigenvalue weighted by Crippen LogP contribution is -2.07. The summed E-state index contributed by atoms with van der Waals surface area (Å²) in [7, 11) is 0. The molecule has 1 aliphatic rings. The molecule has 33 heavy (non-hydrogen) atoms. The number of hydrogen-bond acceptors (Lipinski definition) is 10. The third-order valence-corrected chi connectivity index (χ3v) is 4.31. The molecule has 0 saturated carbocycles. The van der Waals surface area contributed by atoms with Crippen LogP contribution in [0.25, 0.3) is 0 Å². The number of ether oxygens (including phenoxy) is 1. The highest BCUT2D eigenvalue weighted by molar-refractivity contribution is 5.89. The molecule has 1 aliphatic heterocycles. The Kier molecular flexibility index (Phi) is 7.88. The molecule has 3 aromatic carbocycles. The minimum absolute atomic E-state index is 0.0492. The molecule has 0 fully saturated rings. The normalized spacial score (nSPS) is 11.5. The van der Waals surface area contributed by atoms with E-state index in [1.165, 1.54) is 30.3 Å². The molecule has 3 aromatic rings. The first-order chi connectivity index (χ1) is 15.5. The van der Waals surface area contributed by atoms with Crippen LogP contribution in [0, 0.1) is 0 Å². The number of rotatable bonds is 1. The maximum atomic E-state index is 10.3. The standard InChI is InChI=1S/C9H10O3.C7H6O5.C6H6O3/c10-6-4-8(11)7-2-1-3-12-9(7)5-6;8-4-1-3(7(11)12)2-5(9)6(4)10;7-4-2-1-3-5(8)6(4)9/h4-5,10-11H,1-3H2;1-2,8-10H,(H,11,12);1-3,7-9H. The first-order valence-corrected chi connectivity index (χ1v) is 9.37. The van der Waals surface area contributed by atoms with Gasteiger partial charge in [-0.3, -0.25) is 0 Å². The van der Waals surface area contributed by atoms with Crippen LogP contribution < -0.4 is 4.74 Å². The van der Waals surface area contributed by atoms with Crippen molar-refractivity contribution >= 4 is 5.97 Å². The molecule has 0 saturated heterocycles. The van der Waals surface area contributed by atoms with Crippen molar-refractivity contribution in [3.8, 4) is 51.7 Å². The van der Waals surface area contributed by atoms with E-state index >= 15 is 0 Å². The number of carboxylic acids is 1. The summed E-state index contributed by atoms with van der Waals surface area (Å²) in [6.07, 6.45) is 1.74. The lowest BCUT2D eigenvalue weighted by atomic mass is 10.1. The molecule has 11 nitrogen and oxygen atoms in total. The van der Waals surface area contributed by atoms with Gasteiger partial charge in [0, 0.05) is 17.7 Å². The SMILES string of the molecule is O=C(O)c1cc(O)c(O)c(O)c1.Oc1cc(O)c2c(c1)OCCC2.Oc1cccc(O)c1O. The van der Waals surface area contributed by atoms with Gasteiger partial charge in [0.15, 0.2) is 34.5 Å². The largest absolute Gasteiger partial charge is 0.508 e. The number of hydrogen-bond donors (Lipinski definition) is 9. The molecule has 176 valence electrons. The van der Waals surface area contributed by atoms with Crippen LogP contribution in [-0.4, -0.2) is 58.5 Å². The van der Waals surface area contributed by atoms with E-state index in [9.17, 15) is 9.90 Å². The molecule has 0 radical (unpaired) electrons. The van der Waals surface area contributed by atoms with Gasteiger partial charge in [-0.25, -0.2) is 4.79 Å². The van der Waals surface area contributed by atoms with Gasteiger partial charge >= 0.3 is 5.97 Å². The minimum atomic E-state index is -1.29. The molecular formula is C22H22O11. The molecule has 0 atom stereocenters. The van der Waals surface area contributed by atoms with Crippen molar-refractivity contribution in [3.63, 3.8) is 0 Å². The molecule has 0 spiro atoms. The highest BCUT2D eigenvalue weighted by atomic mass is 16.5. The van der Waals surface area contributed by atoms with Crippen LogP contribution in [0.15, 0.2) is 42.5 Å². The average Bonchev–Trinajstić information content (AvgIpc) is 2.76. The van der Waals surface area contributed by atoms with Gasteiger partial charge in [0.05, 0.1) is 12.2 Å². The Morgan fingerprint density at radius 1 is 0.727 bits per heavy atom. The van der Waals surface area contributed by atoms with Crippen LogP contribution in [0.1, 0.15) is 22.3 Å². The van der Waals surface area contributed by atoms with Crippen LogP contribution in [-0.2, 0) is 6.42 Å². The van der Waals surface area contributed by atoms with Crippen molar-refractivity contribution in [2.45, 2.75) is 12.8 Å². The number of aromatic carboxylic acids is 1. The van der Waals surface area contributed by atoms with Crippen LogP contribution in [0.5, 0.6) is 51.7 Å². The van der Waals surface area contributed by atoms with Gasteiger partial charge < -0.3 is 50.7 Å². The van der Waals surface area contributed by atoms with Crippen LogP contribution in [0.3, 0.4) is 0 Å². The number of para-hydroxylation sites is 1. The summed E-state index contributed by atoms with van der Waals surface area (Å²) in [5.74, 6) is -3.64. The van der Waals surface area contributed by atoms with Gasteiger partial charge in [-0.1, -0.05) is 6.07 Å². The van der Waals surface area contributed by atoms with E-state index in [-0.39, 0.29) is 28.6 Å². The summed E-state index contributed by atoms with van der Waals surface area (Å²) >= 11 is 0. The van der Waals surface area contributed by atoms with Gasteiger partial charge in [-0.15, -0.1) is 0 Å². The number of fused-ring (bicyclic) bond motifs is 1. The fourth-order valence-electron chi connectivity index (χ4n) is 2.67. The van der Waals surface area contributed by atoms with E-state index in [1.807, 2.05) is 0 Å². The fourth-order valence-corrected chi connectivity index (χ4v) is 2.67. The lowest BCUT2D eigenvalue weighted by molar-refractivity contribution is 0.0695. The third kappa shape index (κ3) is 6.40. The first-order valence-electron chi connectivity index (χ1n) is 9.37. The Bertz CT molecular complexity index is 1100. The monoisotopic (exact) mass is 462 g/mol. The zero-order chi connectivity index (χ0) is 24.7. The van der Waals surface area contributed by atoms with Crippen LogP contribution in [0.2, 0.25) is 0 Å². The van der Waals surface area contributed by atoms with Gasteiger partial charge in [-0.2, -0.15) is 0 Å². The molecule has 0 bridgehead atoms. The molecule has 9 N–H and O–H groups in total. The van der Waals surface area contributed by atoms with E-state index in [2.05, 4.69) is 0 Å². The number of aromatic hydroxyl groups is 8. The summed E-state index contributed by atoms with van der Waals surface area (Å²) < 4.78 is 5.27. The predicted octanol–water partition coefficient (Wildman–Crippen LogP) is 2.73. The highest BCUT2D eigenvalue weighted by Crippen LogP contribution is 2.36. The molecular weight excluding hydrogens is 440 g/mol. The second kappa shape index (κ2) is 10.6. The smallest absolute Gasteiger partial charge is 0.335 e. The maximum Gasteiger partial charge on any atom is 0.335 e. The average molecular weight is 462 g/mol. The number of benzene rings is 3. The summed E-state index contributed by atoms with van der Waals surface area (Å²) in [6, 6.07) is 8.57. The number of phenols is 8. The van der Waals surface area contributed by atoms with E-state index in [4.69, 9.17) is 45.6 Å². The molecule has 0 aromatic heterocycles. The Morgan fingerprint density at radius 2 is 1.27 bits per heavy atom. The van der Waals surface area contributed by atoms with Gasteiger partial charge in [0.25, 0.3) is 0 Å². The summed E-state index contributed by atoms with van der Waals surface area (Å²) in [5, 5.41) is 79.6. The number of phenolic OH excluding ortho intramolecular Hbond substituents is 8. The predicted molar refractivity (Wildman–Crippen MR) is 113 cm³/mol. The minimum Gasteiger partial charge on any atom is -0.508 e. The summed E-state index contributed by atoms with van der Waals surface area (Å²) in [4.78, 5) is 10.3. The van der Waals surface area contributed by atoms with Crippen molar-refractivity contribution in [1.82, 2.24) is 0 Å². The highest BCUT2D eigenvalue weighted by Gasteiger charge is 2.15. The Morgan fingerprint density at radius 3 is 1.79 bits per heavy atom. The van der Waals surface area contributed by atoms with Gasteiger partial charge in [-0.05, 0) is 37.1 Å². The van der Waals surface area contributed by atoms with E-state index in [0.717, 1.165) is 30.5 Å². The van der Waals surface area contributed by atoms with Crippen molar-refractivity contribution in [1.29, 1.82) is 0 Å². The summed E-state index contributed by atoms with van der Waals surface area (Å²) in [5.41, 5.74) is 0.516. The van der Waals surface area contributed by atoms with Crippen molar-refractivity contribution in [2.24, 2.45) is 0 Å². The number of carboxylic acid groups (broad SMARTS) is 1. The first kappa shape index (κ1) is 24.6. The molecule has 0 aliphatic carbocycles. The molecule has 1 heterocycles. The Hall–Kier alpha value is -4.67. The maximum absolute atomic E-state index is 10.3. The zero-order valence-electron chi connectivity index (χ0n) is 17.0. The Balaban J connectivity index is 0.000000177. The second-order valence-corrected chi connectivity index (χ2v) is 6.71. The van der Waals surface area contributed by atoms with Crippen molar-refractivity contribution in [2.75, 3.05) is 6.61 Å². The van der Waals surface area contributed by atoms with E-state index < -0.39 is 29.0 Å². The lowest BCUT2D eigenvalue weighted by Gasteiger charge is -2.17. The molecule has 0 amide bonds. The van der Waals surface area contributed by atoms with Crippen molar-refractivity contribution in [3.05, 3.63) is 53.6 Å². The van der Waals surface area contributed by atoms with Crippen LogP contribution in [0.4, 0.5) is 0 Å². The zero-order valence-corrected chi connectivity index (χ0v) is 17.0. The third-order valence-electron chi connectivity index (χ3n) is 4.31. The number of carbonyl (C=O) groups is 1. The molecule has 4 rings (SSSR count). The van der Waals surface area contributed by atoms with Crippen LogP contribution >= 0.6 is 0 Å². The molecule has 0 unspecified atom stereocenters. The fraction of sp³-hybridized carbons (Fsp3) is 0.136. The second-order valence-electron chi connectivity index (χ2n) is 6.71.